The standard InChI is InChI=1S/C23H20ClN3O4/c24-18-12-6-4-10-16(18)22(30)25-19(15-8-2-1-3-9-15)14-21(29)26-27-23(31)17-11-5-7-13-20(17)28/h1-13,19,28H,14H2,(H,25,30)(H,26,29)(H,27,31)/t19-/m1/s1. The molecule has 0 radical (unpaired) electrons. The van der Waals surface area contributed by atoms with Crippen molar-refractivity contribution >= 4 is 29.3 Å². The zero-order valence-corrected chi connectivity index (χ0v) is 17.1. The number of rotatable bonds is 6. The molecular weight excluding hydrogens is 418 g/mol. The molecule has 7 nitrogen and oxygen atoms in total. The lowest BCUT2D eigenvalue weighted by Crippen LogP contribution is -2.43. The normalized spacial score (nSPS) is 11.3. The minimum absolute atomic E-state index is 0.0226. The zero-order valence-electron chi connectivity index (χ0n) is 16.3. The van der Waals surface area contributed by atoms with Gasteiger partial charge in [-0.15, -0.1) is 0 Å². The van der Waals surface area contributed by atoms with Crippen LogP contribution in [0.15, 0.2) is 78.9 Å². The van der Waals surface area contributed by atoms with Gasteiger partial charge in [0.1, 0.15) is 5.75 Å². The van der Waals surface area contributed by atoms with E-state index in [2.05, 4.69) is 16.2 Å². The number of phenolic OH excluding ortho intramolecular Hbond substituents is 1. The highest BCUT2D eigenvalue weighted by Gasteiger charge is 2.21. The molecule has 0 aliphatic heterocycles. The van der Waals surface area contributed by atoms with Crippen molar-refractivity contribution in [3.8, 4) is 5.75 Å². The Hall–Kier alpha value is -3.84. The van der Waals surface area contributed by atoms with Gasteiger partial charge in [0.2, 0.25) is 5.91 Å². The van der Waals surface area contributed by atoms with Crippen LogP contribution in [0.2, 0.25) is 5.02 Å². The van der Waals surface area contributed by atoms with Gasteiger partial charge in [0, 0.05) is 0 Å². The number of carbonyl (C=O) groups excluding carboxylic acids is 3. The zero-order chi connectivity index (χ0) is 22.2. The number of benzene rings is 3. The van der Waals surface area contributed by atoms with Gasteiger partial charge in [-0.25, -0.2) is 0 Å². The largest absolute Gasteiger partial charge is 0.507 e. The van der Waals surface area contributed by atoms with E-state index >= 15 is 0 Å². The van der Waals surface area contributed by atoms with Crippen molar-refractivity contribution in [1.82, 2.24) is 16.2 Å². The molecule has 0 bridgehead atoms. The van der Waals surface area contributed by atoms with Crippen LogP contribution in [0.3, 0.4) is 0 Å². The van der Waals surface area contributed by atoms with E-state index in [1.807, 2.05) is 6.07 Å². The third-order valence-electron chi connectivity index (χ3n) is 4.48. The monoisotopic (exact) mass is 437 g/mol. The third-order valence-corrected chi connectivity index (χ3v) is 4.81. The van der Waals surface area contributed by atoms with Gasteiger partial charge in [-0.1, -0.05) is 66.2 Å². The summed E-state index contributed by atoms with van der Waals surface area (Å²) in [6.07, 6.45) is -0.138. The lowest BCUT2D eigenvalue weighted by Gasteiger charge is -2.19. The van der Waals surface area contributed by atoms with Crippen molar-refractivity contribution in [2.24, 2.45) is 0 Å². The minimum atomic E-state index is -0.664. The number of halogens is 1. The molecule has 3 aromatic carbocycles. The molecule has 0 aliphatic rings. The molecule has 4 N–H and O–H groups in total. The van der Waals surface area contributed by atoms with Crippen molar-refractivity contribution in [3.63, 3.8) is 0 Å². The summed E-state index contributed by atoms with van der Waals surface area (Å²) in [5, 5.41) is 12.8. The van der Waals surface area contributed by atoms with Gasteiger partial charge in [0.05, 0.1) is 28.6 Å². The summed E-state index contributed by atoms with van der Waals surface area (Å²) < 4.78 is 0. The Kier molecular flexibility index (Phi) is 7.24. The third kappa shape index (κ3) is 5.83. The second kappa shape index (κ2) is 10.3. The Morgan fingerprint density at radius 1 is 0.774 bits per heavy atom. The molecule has 8 heteroatoms. The molecule has 0 spiro atoms. The molecule has 0 saturated carbocycles. The van der Waals surface area contributed by atoms with Gasteiger partial charge in [-0.2, -0.15) is 0 Å². The van der Waals surface area contributed by atoms with E-state index in [4.69, 9.17) is 11.6 Å². The second-order valence-corrected chi connectivity index (χ2v) is 7.05. The Labute approximate surface area is 184 Å². The van der Waals surface area contributed by atoms with Gasteiger partial charge < -0.3 is 10.4 Å². The molecular formula is C23H20ClN3O4. The van der Waals surface area contributed by atoms with Crippen LogP contribution in [0.1, 0.15) is 38.7 Å². The van der Waals surface area contributed by atoms with E-state index in [0.29, 0.717) is 16.1 Å². The Bertz CT molecular complexity index is 1090. The fraction of sp³-hybridized carbons (Fsp3) is 0.0870. The number of aromatic hydroxyl groups is 1. The van der Waals surface area contributed by atoms with E-state index in [-0.39, 0.29) is 17.7 Å². The van der Waals surface area contributed by atoms with Crippen molar-refractivity contribution in [3.05, 3.63) is 101 Å². The second-order valence-electron chi connectivity index (χ2n) is 6.64. The lowest BCUT2D eigenvalue weighted by molar-refractivity contribution is -0.122. The maximum Gasteiger partial charge on any atom is 0.273 e. The van der Waals surface area contributed by atoms with E-state index in [1.165, 1.54) is 12.1 Å². The van der Waals surface area contributed by atoms with Crippen LogP contribution < -0.4 is 16.2 Å². The first kappa shape index (κ1) is 21.9. The summed E-state index contributed by atoms with van der Waals surface area (Å²) >= 11 is 6.10. The average Bonchev–Trinajstić information content (AvgIpc) is 2.78. The summed E-state index contributed by atoms with van der Waals surface area (Å²) in [6, 6.07) is 20.9. The van der Waals surface area contributed by atoms with Crippen LogP contribution in [0, 0.1) is 0 Å². The van der Waals surface area contributed by atoms with Gasteiger partial charge in [0.25, 0.3) is 11.8 Å². The number of amides is 3. The van der Waals surface area contributed by atoms with E-state index in [9.17, 15) is 19.5 Å². The van der Waals surface area contributed by atoms with Gasteiger partial charge >= 0.3 is 0 Å². The summed E-state index contributed by atoms with van der Waals surface area (Å²) in [6.45, 7) is 0. The van der Waals surface area contributed by atoms with Crippen LogP contribution in [0.4, 0.5) is 0 Å². The van der Waals surface area contributed by atoms with Crippen LogP contribution in [-0.2, 0) is 4.79 Å². The minimum Gasteiger partial charge on any atom is -0.507 e. The molecule has 0 heterocycles. The smallest absolute Gasteiger partial charge is 0.273 e. The van der Waals surface area contributed by atoms with Crippen LogP contribution in [0.25, 0.3) is 0 Å². The highest BCUT2D eigenvalue weighted by molar-refractivity contribution is 6.33. The molecule has 0 fully saturated rings. The van der Waals surface area contributed by atoms with Crippen molar-refractivity contribution in [2.45, 2.75) is 12.5 Å². The maximum atomic E-state index is 12.7. The number of hydrogen-bond acceptors (Lipinski definition) is 4. The lowest BCUT2D eigenvalue weighted by atomic mass is 10.0. The topological polar surface area (TPSA) is 108 Å². The molecule has 158 valence electrons. The summed E-state index contributed by atoms with van der Waals surface area (Å²) in [5.74, 6) is -1.83. The summed E-state index contributed by atoms with van der Waals surface area (Å²) in [4.78, 5) is 37.3. The molecule has 0 aliphatic carbocycles. The molecule has 31 heavy (non-hydrogen) atoms. The SMILES string of the molecule is O=C(C[C@@H](NC(=O)c1ccccc1Cl)c1ccccc1)NNC(=O)c1ccccc1O. The molecule has 0 saturated heterocycles. The molecule has 3 rings (SSSR count). The summed E-state index contributed by atoms with van der Waals surface area (Å²) in [5.41, 5.74) is 5.59. The van der Waals surface area contributed by atoms with Crippen molar-refractivity contribution < 1.29 is 19.5 Å². The van der Waals surface area contributed by atoms with Crippen LogP contribution in [-0.4, -0.2) is 22.8 Å². The molecule has 0 aromatic heterocycles. The number of para-hydroxylation sites is 1. The number of phenols is 1. The highest BCUT2D eigenvalue weighted by atomic mass is 35.5. The first-order chi connectivity index (χ1) is 15.0. The fourth-order valence-electron chi connectivity index (χ4n) is 2.91. The average molecular weight is 438 g/mol. The van der Waals surface area contributed by atoms with E-state index in [1.54, 1.807) is 60.7 Å². The molecule has 3 amide bonds. The number of nitrogens with one attached hydrogen (secondary N) is 3. The number of hydrogen-bond donors (Lipinski definition) is 4. The molecule has 0 unspecified atom stereocenters. The predicted octanol–water partition coefficient (Wildman–Crippen LogP) is 3.37. The van der Waals surface area contributed by atoms with E-state index < -0.39 is 23.8 Å². The quantitative estimate of drug-likeness (QED) is 0.443. The van der Waals surface area contributed by atoms with Gasteiger partial charge in [0.15, 0.2) is 0 Å². The number of carbonyl (C=O) groups is 3. The number of hydrazine groups is 1. The first-order valence-corrected chi connectivity index (χ1v) is 9.81. The maximum absolute atomic E-state index is 12.7. The predicted molar refractivity (Wildman–Crippen MR) is 116 cm³/mol. The van der Waals surface area contributed by atoms with Crippen molar-refractivity contribution in [2.75, 3.05) is 0 Å². The first-order valence-electron chi connectivity index (χ1n) is 9.43. The Balaban J connectivity index is 1.68. The Morgan fingerprint density at radius 2 is 1.39 bits per heavy atom. The molecule has 3 aromatic rings. The van der Waals surface area contributed by atoms with Gasteiger partial charge in [-0.3, -0.25) is 25.2 Å². The fourth-order valence-corrected chi connectivity index (χ4v) is 3.14. The van der Waals surface area contributed by atoms with Crippen LogP contribution in [0.5, 0.6) is 5.75 Å². The Morgan fingerprint density at radius 3 is 2.06 bits per heavy atom. The van der Waals surface area contributed by atoms with Gasteiger partial charge in [-0.05, 0) is 29.8 Å². The molecule has 1 atom stereocenters. The van der Waals surface area contributed by atoms with E-state index in [0.717, 1.165) is 0 Å². The summed E-state index contributed by atoms with van der Waals surface area (Å²) in [7, 11) is 0. The van der Waals surface area contributed by atoms with Crippen LogP contribution >= 0.6 is 11.6 Å². The highest BCUT2D eigenvalue weighted by Crippen LogP contribution is 2.20. The van der Waals surface area contributed by atoms with Crippen molar-refractivity contribution in [1.29, 1.82) is 0 Å².